The summed E-state index contributed by atoms with van der Waals surface area (Å²) in [5, 5.41) is 6.35. The number of aromatic amines is 1. The molecule has 1 N–H and O–H groups in total. The molecular weight excluding hydrogens is 1330 g/mol. The van der Waals surface area contributed by atoms with Crippen LogP contribution in [0.5, 0.6) is 0 Å². The van der Waals surface area contributed by atoms with E-state index in [0.717, 1.165) is 69.7 Å². The largest absolute Gasteiger partial charge is 0.464 e. The first-order chi connectivity index (χ1) is 51.7. The Hall–Kier alpha value is -11.6. The highest BCUT2D eigenvalue weighted by atomic mass is 16.4. The molecule has 0 bridgehead atoms. The summed E-state index contributed by atoms with van der Waals surface area (Å²) in [7, 11) is 0. The molecule has 0 amide bonds. The number of nitrogens with one attached hydrogen (secondary N) is 1. The summed E-state index contributed by atoms with van der Waals surface area (Å²) in [6, 6.07) is 64.1. The zero-order valence-corrected chi connectivity index (χ0v) is 67.3. The molecular formula is C97H110N6O5. The van der Waals surface area contributed by atoms with Gasteiger partial charge in [-0.15, -0.1) is 0 Å². The summed E-state index contributed by atoms with van der Waals surface area (Å²) in [5.41, 5.74) is 29.6. The van der Waals surface area contributed by atoms with Gasteiger partial charge in [0.25, 0.3) is 0 Å². The SMILES string of the molecule is CC.CC1=Cc2ccccc2C1.CC1=NC(C)=C(C)C1.CC1=NCC(C)=C1C.Cc1c[nH]c(=O)cc1C.Cc1cc2c(cc1C)CC=C2.Cc1cc2ccc(=O)oc2cc1C.Cc1cc2occc(=O)c2cc1C.Cc1ccc2c(c1)=NCN=2.Cc1ccc2ccccc2c1.Cc1ccccc1.c1ccncc1. The van der Waals surface area contributed by atoms with E-state index in [-0.39, 0.29) is 16.6 Å². The maximum Gasteiger partial charge on any atom is 0.336 e. The number of aryl methyl sites for hydroxylation is 11. The van der Waals surface area contributed by atoms with Gasteiger partial charge in [0.15, 0.2) is 5.43 Å². The van der Waals surface area contributed by atoms with Crippen molar-refractivity contribution in [2.75, 3.05) is 13.2 Å². The Morgan fingerprint density at radius 1 is 0.435 bits per heavy atom. The third kappa shape index (κ3) is 28.1. The van der Waals surface area contributed by atoms with Gasteiger partial charge in [-0.2, -0.15) is 0 Å². The van der Waals surface area contributed by atoms with E-state index in [1.165, 1.54) is 124 Å². The Labute approximate surface area is 640 Å². The van der Waals surface area contributed by atoms with Gasteiger partial charge in [0.05, 0.1) is 28.9 Å². The minimum atomic E-state index is -0.296. The molecule has 3 aliphatic heterocycles. The van der Waals surface area contributed by atoms with E-state index < -0.39 is 0 Å². The Bertz CT molecular complexity index is 5450. The molecule has 0 saturated carbocycles. The molecule has 0 saturated heterocycles. The first-order valence-corrected chi connectivity index (χ1v) is 37.0. The number of aromatic nitrogens is 2. The summed E-state index contributed by atoms with van der Waals surface area (Å²) >= 11 is 0. The molecule has 0 fully saturated rings. The summed E-state index contributed by atoms with van der Waals surface area (Å²) in [5.74, 6) is 0. The number of H-pyrrole nitrogens is 1. The minimum Gasteiger partial charge on any atom is -0.464 e. The van der Waals surface area contributed by atoms with E-state index in [1.54, 1.807) is 30.7 Å². The maximum atomic E-state index is 11.4. The van der Waals surface area contributed by atoms with E-state index >= 15 is 0 Å². The van der Waals surface area contributed by atoms with Crippen molar-refractivity contribution in [1.29, 1.82) is 0 Å². The summed E-state index contributed by atoms with van der Waals surface area (Å²) in [6.07, 6.45) is 16.7. The van der Waals surface area contributed by atoms with Crippen molar-refractivity contribution in [3.63, 3.8) is 0 Å². The van der Waals surface area contributed by atoms with Crippen molar-refractivity contribution in [2.24, 2.45) is 20.0 Å². The fraction of sp³-hybridized carbons (Fsp3) is 0.258. The maximum absolute atomic E-state index is 11.4. The van der Waals surface area contributed by atoms with Crippen LogP contribution in [0.1, 0.15) is 152 Å². The van der Waals surface area contributed by atoms with Crippen LogP contribution < -0.4 is 27.3 Å². The van der Waals surface area contributed by atoms with Gasteiger partial charge >= 0.3 is 5.63 Å². The summed E-state index contributed by atoms with van der Waals surface area (Å²) in [4.78, 5) is 56.1. The van der Waals surface area contributed by atoms with Crippen molar-refractivity contribution in [2.45, 2.75) is 158 Å². The van der Waals surface area contributed by atoms with Gasteiger partial charge in [0, 0.05) is 65.7 Å². The van der Waals surface area contributed by atoms with Gasteiger partial charge in [-0.25, -0.2) is 4.79 Å². The number of hydrogen-bond acceptors (Lipinski definition) is 10. The molecule has 558 valence electrons. The molecule has 0 unspecified atom stereocenters. The Morgan fingerprint density at radius 2 is 1.03 bits per heavy atom. The zero-order chi connectivity index (χ0) is 78.8. The Balaban J connectivity index is 0.000000186. The molecule has 17 rings (SSSR count). The number of aliphatic imine (C=N–C) groups is 2. The van der Waals surface area contributed by atoms with Crippen molar-refractivity contribution < 1.29 is 8.83 Å². The number of rotatable bonds is 0. The van der Waals surface area contributed by atoms with Crippen molar-refractivity contribution >= 4 is 56.3 Å². The average molecular weight is 1440 g/mol. The molecule has 8 aromatic carbocycles. The number of pyridine rings is 2. The molecule has 11 heteroatoms. The van der Waals surface area contributed by atoms with E-state index in [0.29, 0.717) is 23.2 Å². The average Bonchev–Trinajstić information content (AvgIpc) is 1.30. The van der Waals surface area contributed by atoms with Gasteiger partial charge in [-0.05, 0) is 292 Å². The zero-order valence-electron chi connectivity index (χ0n) is 67.3. The molecule has 4 aromatic heterocycles. The minimum absolute atomic E-state index is 0.0179. The fourth-order valence-electron chi connectivity index (χ4n) is 11.3. The lowest BCUT2D eigenvalue weighted by Crippen LogP contribution is -2.20. The molecule has 108 heavy (non-hydrogen) atoms. The van der Waals surface area contributed by atoms with Crippen LogP contribution in [0.4, 0.5) is 0 Å². The van der Waals surface area contributed by atoms with Crippen LogP contribution in [0.15, 0.2) is 296 Å². The van der Waals surface area contributed by atoms with Gasteiger partial charge < -0.3 is 13.8 Å². The Kier molecular flexibility index (Phi) is 34.6. The van der Waals surface area contributed by atoms with Gasteiger partial charge in [-0.3, -0.25) is 34.5 Å². The molecule has 7 heterocycles. The third-order valence-electron chi connectivity index (χ3n) is 18.5. The van der Waals surface area contributed by atoms with Crippen LogP contribution in [0, 0.1) is 76.2 Å². The van der Waals surface area contributed by atoms with Crippen LogP contribution in [-0.2, 0) is 12.8 Å². The lowest BCUT2D eigenvalue weighted by molar-refractivity contribution is 0.560. The second-order valence-electron chi connectivity index (χ2n) is 27.4. The van der Waals surface area contributed by atoms with Crippen LogP contribution in [0.25, 0.3) is 44.9 Å². The number of benzene rings is 8. The van der Waals surface area contributed by atoms with Crippen molar-refractivity contribution in [3.05, 3.63) is 378 Å². The van der Waals surface area contributed by atoms with Gasteiger partial charge in [0.2, 0.25) is 5.56 Å². The lowest BCUT2D eigenvalue weighted by atomic mass is 10.0. The van der Waals surface area contributed by atoms with Crippen molar-refractivity contribution in [3.8, 4) is 0 Å². The first-order valence-electron chi connectivity index (χ1n) is 37.0. The topological polar surface area (TPSA) is 156 Å². The van der Waals surface area contributed by atoms with Gasteiger partial charge in [0.1, 0.15) is 17.8 Å². The predicted octanol–water partition coefficient (Wildman–Crippen LogP) is 22.7. The standard InChI is InChI=1S/2C11H10O2.C11H12.C11H10.C10H10.C8H8N2.C7H9NO.2C7H11N.C7H8.C5H5N.C2H6/c1-7-5-9-10(12)3-4-13-11(9)6-8(7)2;1-7-5-9-3-4-11(12)13-10(9)6-8(7)2;1-8-6-10-4-3-5-11(10)7-9(8)2;1-9-6-7-10-4-2-3-5-11(10)8-9;1-8-6-9-4-2-3-5-10(9)7-8;1-6-2-3-7-8(4-6)10-5-9-7;1-5-3-7(9)8-4-6(5)2;1-5-4-8-7(3)6(5)2;1-5-4-6(2)8-7(5)3;1-7-5-3-2-4-6-7;1-2-4-6-5-3-1;1-2/h2*3-6H,1-2H3;3-4,6-7H,5H2,1-2H3;2-8H,1H3;2-6H,7H2,1H3;2-4H,5H2,1H3;3-4H,1-2H3,(H,8,9);2*4H2,1-3H3;2-6H,1H3;1-5H;1-2H3. The summed E-state index contributed by atoms with van der Waals surface area (Å²) < 4.78 is 10.3. The highest BCUT2D eigenvalue weighted by molar-refractivity contribution is 6.00. The summed E-state index contributed by atoms with van der Waals surface area (Å²) in [6.45, 7) is 42.8. The highest BCUT2D eigenvalue weighted by Gasteiger charge is 2.10. The van der Waals surface area contributed by atoms with Gasteiger partial charge in [-0.1, -0.05) is 170 Å². The second kappa shape index (κ2) is 43.8. The first kappa shape index (κ1) is 85.4. The van der Waals surface area contributed by atoms with Crippen LogP contribution in [-0.4, -0.2) is 34.6 Å². The molecule has 2 aliphatic carbocycles. The normalized spacial score (nSPS) is 12.4. The number of hydrogen-bond donors (Lipinski definition) is 1. The molecule has 0 atom stereocenters. The van der Waals surface area contributed by atoms with E-state index in [2.05, 4.69) is 234 Å². The van der Waals surface area contributed by atoms with Crippen LogP contribution >= 0.6 is 0 Å². The molecule has 0 spiro atoms. The van der Waals surface area contributed by atoms with E-state index in [4.69, 9.17) is 8.83 Å². The molecule has 11 nitrogen and oxygen atoms in total. The molecule has 12 aromatic rings. The molecule has 5 aliphatic rings. The highest BCUT2D eigenvalue weighted by Crippen LogP contribution is 2.25. The Morgan fingerprint density at radius 3 is 1.61 bits per heavy atom. The number of allylic oxidation sites excluding steroid dienone is 5. The quantitative estimate of drug-likeness (QED) is 0.149. The lowest BCUT2D eigenvalue weighted by Gasteiger charge is -2.03. The molecule has 0 radical (unpaired) electrons. The predicted molar refractivity (Wildman–Crippen MR) is 459 cm³/mol. The third-order valence-corrected chi connectivity index (χ3v) is 18.5. The van der Waals surface area contributed by atoms with Crippen molar-refractivity contribution in [1.82, 2.24) is 9.97 Å². The smallest absolute Gasteiger partial charge is 0.336 e. The van der Waals surface area contributed by atoms with Crippen LogP contribution in [0.3, 0.4) is 0 Å². The number of nitrogens with zero attached hydrogens (tertiary/aromatic N) is 5. The number of fused-ring (bicyclic) bond motifs is 6. The fourth-order valence-corrected chi connectivity index (χ4v) is 11.3. The monoisotopic (exact) mass is 1440 g/mol. The van der Waals surface area contributed by atoms with Crippen LogP contribution in [0.2, 0.25) is 0 Å². The van der Waals surface area contributed by atoms with E-state index in [1.807, 2.05) is 122 Å². The van der Waals surface area contributed by atoms with E-state index in [9.17, 15) is 14.4 Å². The second-order valence-corrected chi connectivity index (χ2v) is 27.4.